The van der Waals surface area contributed by atoms with Crippen LogP contribution in [0.1, 0.15) is 58.1 Å². The second kappa shape index (κ2) is 12.1. The fraction of sp³-hybridized carbons (Fsp3) is 0.286. The molecule has 7 heteroatoms. The average molecular weight is 503 g/mol. The van der Waals surface area contributed by atoms with Gasteiger partial charge in [0.25, 0.3) is 0 Å². The lowest BCUT2D eigenvalue weighted by Crippen LogP contribution is -2.33. The number of aryl methyl sites for hydroxylation is 2. The highest BCUT2D eigenvalue weighted by atomic mass is 35.5. The minimum Gasteiger partial charge on any atom is -0.310 e. The Bertz CT molecular complexity index is 1140. The zero-order valence-corrected chi connectivity index (χ0v) is 21.2. The van der Waals surface area contributed by atoms with E-state index in [4.69, 9.17) is 11.6 Å². The molecule has 0 fully saturated rings. The van der Waals surface area contributed by atoms with Gasteiger partial charge in [-0.15, -0.1) is 0 Å². The van der Waals surface area contributed by atoms with Crippen LogP contribution in [0.4, 0.5) is 13.2 Å². The molecule has 1 unspecified atom stereocenters. The van der Waals surface area contributed by atoms with E-state index in [0.29, 0.717) is 22.3 Å². The number of aldehydes is 1. The Morgan fingerprint density at radius 2 is 1.74 bits per heavy atom. The van der Waals surface area contributed by atoms with Gasteiger partial charge in [-0.1, -0.05) is 54.1 Å². The lowest BCUT2D eigenvalue weighted by molar-refractivity contribution is -0.139. The van der Waals surface area contributed by atoms with E-state index in [9.17, 15) is 18.0 Å². The highest BCUT2D eigenvalue weighted by Crippen LogP contribution is 2.37. The lowest BCUT2D eigenvalue weighted by atomic mass is 9.95. The molecule has 0 spiro atoms. The highest BCUT2D eigenvalue weighted by Gasteiger charge is 2.39. The van der Waals surface area contributed by atoms with E-state index >= 15 is 0 Å². The molecule has 0 radical (unpaired) electrons. The average Bonchev–Trinajstić information content (AvgIpc) is 2.79. The molecule has 3 nitrogen and oxygen atoms in total. The third-order valence-corrected chi connectivity index (χ3v) is 5.83. The fourth-order valence-electron chi connectivity index (χ4n) is 3.36. The Labute approximate surface area is 210 Å². The van der Waals surface area contributed by atoms with Crippen molar-refractivity contribution >= 4 is 24.0 Å². The molecule has 1 heterocycles. The summed E-state index contributed by atoms with van der Waals surface area (Å²) in [6.45, 7) is 7.65. The van der Waals surface area contributed by atoms with Gasteiger partial charge in [-0.3, -0.25) is 9.78 Å². The number of nitrogens with one attached hydrogen (secondary N) is 1. The van der Waals surface area contributed by atoms with Crippen LogP contribution in [0.15, 0.2) is 66.9 Å². The van der Waals surface area contributed by atoms with Crippen LogP contribution in [0.25, 0.3) is 6.08 Å². The molecule has 2 aromatic carbocycles. The van der Waals surface area contributed by atoms with Crippen molar-refractivity contribution in [3.8, 4) is 0 Å². The zero-order chi connectivity index (χ0) is 26.2. The van der Waals surface area contributed by atoms with E-state index in [2.05, 4.69) is 24.1 Å². The number of alkyl halides is 3. The van der Waals surface area contributed by atoms with Crippen molar-refractivity contribution in [1.29, 1.82) is 0 Å². The molecule has 0 saturated heterocycles. The number of nitrogens with zero attached hydrogens (tertiary/aromatic N) is 1. The van der Waals surface area contributed by atoms with Crippen molar-refractivity contribution in [2.45, 2.75) is 45.3 Å². The molecule has 0 bridgehead atoms. The first-order valence-corrected chi connectivity index (χ1v) is 11.4. The first-order chi connectivity index (χ1) is 16.4. The summed E-state index contributed by atoms with van der Waals surface area (Å²) in [7, 11) is 1.94. The smallest absolute Gasteiger partial charge is 0.310 e. The Kier molecular flexibility index (Phi) is 9.81. The number of hydrogen-bond acceptors (Lipinski definition) is 3. The number of aromatic nitrogens is 1. The number of allylic oxidation sites excluding steroid dienone is 1. The molecule has 1 aromatic heterocycles. The number of halogens is 4. The molecule has 0 aliphatic rings. The summed E-state index contributed by atoms with van der Waals surface area (Å²) < 4.78 is 40.3. The molecule has 3 rings (SSSR count). The maximum Gasteiger partial charge on any atom is 0.399 e. The second-order valence-corrected chi connectivity index (χ2v) is 9.20. The summed E-state index contributed by atoms with van der Waals surface area (Å²) in [5.74, 6) is -1.75. The molecule has 3 aromatic rings. The number of pyridine rings is 1. The van der Waals surface area contributed by atoms with Gasteiger partial charge in [-0.25, -0.2) is 0 Å². The van der Waals surface area contributed by atoms with Crippen molar-refractivity contribution in [2.75, 3.05) is 7.05 Å². The number of benzene rings is 2. The molecule has 1 N–H and O–H groups in total. The van der Waals surface area contributed by atoms with Crippen LogP contribution in [0.3, 0.4) is 0 Å². The molecule has 0 amide bonds. The van der Waals surface area contributed by atoms with Crippen LogP contribution < -0.4 is 5.32 Å². The highest BCUT2D eigenvalue weighted by molar-refractivity contribution is 6.30. The van der Waals surface area contributed by atoms with E-state index in [0.717, 1.165) is 18.1 Å². The zero-order valence-electron chi connectivity index (χ0n) is 20.5. The van der Waals surface area contributed by atoms with Gasteiger partial charge in [0.1, 0.15) is 6.29 Å². The molecule has 1 atom stereocenters. The Hall–Kier alpha value is -2.96. The Morgan fingerprint density at radius 3 is 2.26 bits per heavy atom. The fourth-order valence-corrected chi connectivity index (χ4v) is 3.65. The predicted octanol–water partition coefficient (Wildman–Crippen LogP) is 7.66. The van der Waals surface area contributed by atoms with Crippen molar-refractivity contribution < 1.29 is 18.0 Å². The van der Waals surface area contributed by atoms with Gasteiger partial charge in [-0.05, 0) is 81.3 Å². The number of carbonyl (C=O) groups is 1. The van der Waals surface area contributed by atoms with Gasteiger partial charge in [0.2, 0.25) is 0 Å². The van der Waals surface area contributed by atoms with Gasteiger partial charge < -0.3 is 5.32 Å². The van der Waals surface area contributed by atoms with Gasteiger partial charge >= 0.3 is 6.18 Å². The Balaban J connectivity index is 0.000000328. The SMILES string of the molecule is CNC(C)(C)c1ccccn1.Cc1cc(Cl)cc(C(/C=C/c2ccc(C=O)c(C)c2)C(F)(F)F)c1. The van der Waals surface area contributed by atoms with Crippen molar-refractivity contribution in [2.24, 2.45) is 0 Å². The van der Waals surface area contributed by atoms with Crippen LogP contribution in [0, 0.1) is 13.8 Å². The van der Waals surface area contributed by atoms with Crippen LogP contribution in [-0.4, -0.2) is 24.5 Å². The van der Waals surface area contributed by atoms with Crippen LogP contribution >= 0.6 is 11.6 Å². The standard InChI is InChI=1S/C19H16ClF3O.C9H14N2/c1-12-7-16(10-17(20)8-12)18(19(21,22)23)6-4-14-3-5-15(11-24)13(2)9-14;1-9(2,10-3)8-6-4-5-7-11-8/h3-11,18H,1-2H3;4-7,10H,1-3H3/b6-4+;. The van der Waals surface area contributed by atoms with Crippen LogP contribution in [0.5, 0.6) is 0 Å². The normalized spacial score (nSPS) is 12.7. The summed E-state index contributed by atoms with van der Waals surface area (Å²) in [6.07, 6.45) is 0.631. The molecule has 0 saturated carbocycles. The lowest BCUT2D eigenvalue weighted by Gasteiger charge is -2.22. The van der Waals surface area contributed by atoms with E-state index in [1.165, 1.54) is 18.2 Å². The third-order valence-electron chi connectivity index (χ3n) is 5.61. The second-order valence-electron chi connectivity index (χ2n) is 8.76. The number of rotatable bonds is 6. The van der Waals surface area contributed by atoms with E-state index in [1.807, 2.05) is 31.4 Å². The summed E-state index contributed by atoms with van der Waals surface area (Å²) in [6, 6.07) is 15.3. The summed E-state index contributed by atoms with van der Waals surface area (Å²) in [5, 5.41) is 3.47. The van der Waals surface area contributed by atoms with Crippen LogP contribution in [-0.2, 0) is 5.54 Å². The first kappa shape index (κ1) is 28.3. The summed E-state index contributed by atoms with van der Waals surface area (Å²) >= 11 is 5.89. The molecule has 186 valence electrons. The third kappa shape index (κ3) is 8.34. The molecular formula is C28H30ClF3N2O. The first-order valence-electron chi connectivity index (χ1n) is 11.1. The monoisotopic (exact) mass is 502 g/mol. The Morgan fingerprint density at radius 1 is 1.03 bits per heavy atom. The topological polar surface area (TPSA) is 42.0 Å². The largest absolute Gasteiger partial charge is 0.399 e. The maximum absolute atomic E-state index is 13.4. The minimum atomic E-state index is -4.43. The van der Waals surface area contributed by atoms with Crippen LogP contribution in [0.2, 0.25) is 5.02 Å². The summed E-state index contributed by atoms with van der Waals surface area (Å²) in [4.78, 5) is 15.1. The summed E-state index contributed by atoms with van der Waals surface area (Å²) in [5.41, 5.74) is 3.66. The van der Waals surface area contributed by atoms with Gasteiger partial charge in [0.15, 0.2) is 0 Å². The molecule has 0 aliphatic carbocycles. The van der Waals surface area contributed by atoms with E-state index < -0.39 is 12.1 Å². The molecular weight excluding hydrogens is 473 g/mol. The molecule has 35 heavy (non-hydrogen) atoms. The van der Waals surface area contributed by atoms with Crippen molar-refractivity contribution in [3.05, 3.63) is 105 Å². The van der Waals surface area contributed by atoms with Gasteiger partial charge in [-0.2, -0.15) is 13.2 Å². The van der Waals surface area contributed by atoms with E-state index in [-0.39, 0.29) is 16.1 Å². The van der Waals surface area contributed by atoms with Gasteiger partial charge in [0, 0.05) is 16.8 Å². The quantitative estimate of drug-likeness (QED) is 0.352. The predicted molar refractivity (Wildman–Crippen MR) is 137 cm³/mol. The number of carbonyl (C=O) groups excluding carboxylic acids is 1. The van der Waals surface area contributed by atoms with Crippen molar-refractivity contribution in [3.63, 3.8) is 0 Å². The van der Waals surface area contributed by atoms with E-state index in [1.54, 1.807) is 38.1 Å². The minimum absolute atomic E-state index is 0.0265. The maximum atomic E-state index is 13.4. The van der Waals surface area contributed by atoms with Crippen molar-refractivity contribution in [1.82, 2.24) is 10.3 Å². The molecule has 0 aliphatic heterocycles. The number of hydrogen-bond donors (Lipinski definition) is 1. The van der Waals surface area contributed by atoms with Gasteiger partial charge in [0.05, 0.1) is 17.2 Å².